The topological polar surface area (TPSA) is 86.5 Å². The molecule has 5 nitrogen and oxygen atoms in total. The molecule has 19 heavy (non-hydrogen) atoms. The van der Waals surface area contributed by atoms with Crippen LogP contribution in [0.25, 0.3) is 0 Å². The summed E-state index contributed by atoms with van der Waals surface area (Å²) in [5.41, 5.74) is 0.0494. The Morgan fingerprint density at radius 2 is 2.11 bits per heavy atom. The highest BCUT2D eigenvalue weighted by Gasteiger charge is 2.19. The van der Waals surface area contributed by atoms with Crippen LogP contribution in [0.15, 0.2) is 21.5 Å². The first-order valence-corrected chi connectivity index (χ1v) is 8.18. The maximum absolute atomic E-state index is 11.7. The van der Waals surface area contributed by atoms with Gasteiger partial charge in [0.15, 0.2) is 0 Å². The predicted molar refractivity (Wildman–Crippen MR) is 75.7 cm³/mol. The number of esters is 1. The van der Waals surface area contributed by atoms with Crippen molar-refractivity contribution in [3.8, 4) is 0 Å². The van der Waals surface area contributed by atoms with Crippen molar-refractivity contribution in [1.82, 2.24) is 0 Å². The summed E-state index contributed by atoms with van der Waals surface area (Å²) in [6.45, 7) is 2.23. The maximum Gasteiger partial charge on any atom is 0.338 e. The molecule has 0 bridgehead atoms. The van der Waals surface area contributed by atoms with Gasteiger partial charge in [0, 0.05) is 0 Å². The van der Waals surface area contributed by atoms with E-state index in [1.807, 2.05) is 6.92 Å². The van der Waals surface area contributed by atoms with E-state index in [1.54, 1.807) is 0 Å². The summed E-state index contributed by atoms with van der Waals surface area (Å²) in [6.07, 6.45) is 1.62. The highest BCUT2D eigenvalue weighted by Crippen LogP contribution is 2.30. The molecular weight excluding hydrogens is 358 g/mol. The Kier molecular flexibility index (Phi) is 5.79. The highest BCUT2D eigenvalue weighted by molar-refractivity contribution is 9.10. The normalized spacial score (nSPS) is 11.4. The van der Waals surface area contributed by atoms with Gasteiger partial charge in [-0.25, -0.2) is 18.4 Å². The van der Waals surface area contributed by atoms with E-state index in [-0.39, 0.29) is 26.6 Å². The molecule has 0 amide bonds. The largest absolute Gasteiger partial charge is 0.462 e. The second-order valence-corrected chi connectivity index (χ2v) is 6.53. The standard InChI is InChI=1S/C11H13BrClNO4S/c1-2-3-4-18-11(15)7-5-8(13)10(12)9(6-7)19(14,16)17/h5-6H,2-4H2,1H3,(H2,14,16,17). The summed E-state index contributed by atoms with van der Waals surface area (Å²) in [4.78, 5) is 11.5. The number of hydrogen-bond donors (Lipinski definition) is 1. The van der Waals surface area contributed by atoms with Gasteiger partial charge < -0.3 is 4.74 Å². The van der Waals surface area contributed by atoms with E-state index >= 15 is 0 Å². The van der Waals surface area contributed by atoms with Crippen LogP contribution in [0.3, 0.4) is 0 Å². The first-order valence-electron chi connectivity index (χ1n) is 5.46. The summed E-state index contributed by atoms with van der Waals surface area (Å²) in [7, 11) is -3.98. The molecule has 0 radical (unpaired) electrons. The zero-order valence-corrected chi connectivity index (χ0v) is 13.3. The third-order valence-corrected chi connectivity index (χ3v) is 4.85. The first-order chi connectivity index (χ1) is 8.77. The number of ether oxygens (including phenoxy) is 1. The van der Waals surface area contributed by atoms with Crippen molar-refractivity contribution in [3.63, 3.8) is 0 Å². The number of benzene rings is 1. The molecule has 1 rings (SSSR count). The van der Waals surface area contributed by atoms with Gasteiger partial charge in [-0.15, -0.1) is 0 Å². The number of sulfonamides is 1. The molecule has 0 saturated heterocycles. The van der Waals surface area contributed by atoms with Crippen LogP contribution in [-0.2, 0) is 14.8 Å². The molecule has 0 aliphatic heterocycles. The van der Waals surface area contributed by atoms with Crippen LogP contribution in [0.5, 0.6) is 0 Å². The number of nitrogens with two attached hydrogens (primary N) is 1. The number of unbranched alkanes of at least 4 members (excludes halogenated alkanes) is 1. The number of halogens is 2. The zero-order chi connectivity index (χ0) is 14.6. The van der Waals surface area contributed by atoms with E-state index in [4.69, 9.17) is 21.5 Å². The average molecular weight is 371 g/mol. The third kappa shape index (κ3) is 4.45. The second-order valence-electron chi connectivity index (χ2n) is 3.80. The quantitative estimate of drug-likeness (QED) is 0.638. The molecule has 0 spiro atoms. The SMILES string of the molecule is CCCCOC(=O)c1cc(Cl)c(Br)c(S(N)(=O)=O)c1. The first kappa shape index (κ1) is 16.4. The van der Waals surface area contributed by atoms with Crippen molar-refractivity contribution >= 4 is 43.5 Å². The Labute approximate surface area is 125 Å². The lowest BCUT2D eigenvalue weighted by molar-refractivity contribution is 0.0499. The van der Waals surface area contributed by atoms with Gasteiger partial charge in [-0.05, 0) is 34.5 Å². The van der Waals surface area contributed by atoms with Crippen LogP contribution >= 0.6 is 27.5 Å². The van der Waals surface area contributed by atoms with E-state index in [9.17, 15) is 13.2 Å². The fourth-order valence-electron chi connectivity index (χ4n) is 1.28. The smallest absolute Gasteiger partial charge is 0.338 e. The lowest BCUT2D eigenvalue weighted by Crippen LogP contribution is -2.15. The molecule has 0 fully saturated rings. The van der Waals surface area contributed by atoms with Crippen molar-refractivity contribution in [2.24, 2.45) is 5.14 Å². The van der Waals surface area contributed by atoms with Gasteiger partial charge in [0.1, 0.15) is 0 Å². The Morgan fingerprint density at radius 1 is 1.47 bits per heavy atom. The van der Waals surface area contributed by atoms with Crippen LogP contribution in [-0.4, -0.2) is 21.0 Å². The Morgan fingerprint density at radius 3 is 2.63 bits per heavy atom. The molecule has 1 aromatic carbocycles. The molecule has 0 heterocycles. The lowest BCUT2D eigenvalue weighted by Gasteiger charge is -2.08. The summed E-state index contributed by atoms with van der Waals surface area (Å²) < 4.78 is 27.9. The van der Waals surface area contributed by atoms with Crippen LogP contribution < -0.4 is 5.14 Å². The molecular formula is C11H13BrClNO4S. The molecule has 0 aliphatic rings. The molecule has 2 N–H and O–H groups in total. The predicted octanol–water partition coefficient (Wildman–Crippen LogP) is 2.71. The van der Waals surface area contributed by atoms with Gasteiger partial charge in [-0.3, -0.25) is 0 Å². The summed E-state index contributed by atoms with van der Waals surface area (Å²) in [5.74, 6) is -0.632. The van der Waals surface area contributed by atoms with Gasteiger partial charge in [-0.2, -0.15) is 0 Å². The van der Waals surface area contributed by atoms with E-state index in [0.717, 1.165) is 18.9 Å². The van der Waals surface area contributed by atoms with Crippen molar-refractivity contribution in [2.75, 3.05) is 6.61 Å². The van der Waals surface area contributed by atoms with Crippen molar-refractivity contribution in [1.29, 1.82) is 0 Å². The average Bonchev–Trinajstić information content (AvgIpc) is 2.31. The van der Waals surface area contributed by atoms with Crippen LogP contribution in [0.4, 0.5) is 0 Å². The van der Waals surface area contributed by atoms with Gasteiger partial charge in [0.2, 0.25) is 10.0 Å². The fraction of sp³-hybridized carbons (Fsp3) is 0.364. The van der Waals surface area contributed by atoms with Crippen LogP contribution in [0.1, 0.15) is 30.1 Å². The van der Waals surface area contributed by atoms with Gasteiger partial charge in [-0.1, -0.05) is 24.9 Å². The Balaban J connectivity index is 3.11. The van der Waals surface area contributed by atoms with Gasteiger partial charge in [0.05, 0.1) is 26.6 Å². The zero-order valence-electron chi connectivity index (χ0n) is 10.2. The lowest BCUT2D eigenvalue weighted by atomic mass is 10.2. The van der Waals surface area contributed by atoms with E-state index < -0.39 is 16.0 Å². The number of rotatable bonds is 5. The number of carbonyl (C=O) groups is 1. The summed E-state index contributed by atoms with van der Waals surface area (Å²) in [5, 5.41) is 5.13. The maximum atomic E-state index is 11.7. The van der Waals surface area contributed by atoms with Crippen molar-refractivity contribution < 1.29 is 17.9 Å². The molecule has 1 aromatic rings. The van der Waals surface area contributed by atoms with Crippen molar-refractivity contribution in [2.45, 2.75) is 24.7 Å². The second kappa shape index (κ2) is 6.69. The third-order valence-electron chi connectivity index (χ3n) is 2.27. The molecule has 106 valence electrons. The van der Waals surface area contributed by atoms with Gasteiger partial charge in [0.25, 0.3) is 0 Å². The summed E-state index contributed by atoms with van der Waals surface area (Å²) in [6, 6.07) is 2.47. The van der Waals surface area contributed by atoms with E-state index in [2.05, 4.69) is 15.9 Å². The number of primary sulfonamides is 1. The minimum Gasteiger partial charge on any atom is -0.462 e. The van der Waals surface area contributed by atoms with Crippen LogP contribution in [0.2, 0.25) is 5.02 Å². The Bertz CT molecular complexity index is 589. The highest BCUT2D eigenvalue weighted by atomic mass is 79.9. The Hall–Kier alpha value is -0.630. The monoisotopic (exact) mass is 369 g/mol. The number of hydrogen-bond acceptors (Lipinski definition) is 4. The molecule has 0 saturated carbocycles. The van der Waals surface area contributed by atoms with Crippen LogP contribution in [0, 0.1) is 0 Å². The summed E-state index contributed by atoms with van der Waals surface area (Å²) >= 11 is 8.88. The molecule has 0 aromatic heterocycles. The molecule has 0 aliphatic carbocycles. The van der Waals surface area contributed by atoms with Crippen molar-refractivity contribution in [3.05, 3.63) is 27.2 Å². The minimum absolute atomic E-state index is 0.0494. The van der Waals surface area contributed by atoms with E-state index in [0.29, 0.717) is 0 Å². The molecule has 0 atom stereocenters. The fourth-order valence-corrected chi connectivity index (χ4v) is 3.11. The number of carbonyl (C=O) groups excluding carboxylic acids is 1. The van der Waals surface area contributed by atoms with Gasteiger partial charge >= 0.3 is 5.97 Å². The molecule has 0 unspecified atom stereocenters. The van der Waals surface area contributed by atoms with E-state index in [1.165, 1.54) is 6.07 Å². The molecule has 8 heteroatoms. The minimum atomic E-state index is -3.98.